The molecule has 0 fully saturated rings. The molecular weight excluding hydrogens is 219 g/mol. The highest BCUT2D eigenvalue weighted by molar-refractivity contribution is 5.26. The van der Waals surface area contributed by atoms with E-state index in [1.165, 1.54) is 12.3 Å². The number of nitrogens with zero attached hydrogens (tertiary/aromatic N) is 1. The fourth-order valence-electron chi connectivity index (χ4n) is 1.35. The van der Waals surface area contributed by atoms with Gasteiger partial charge in [0.1, 0.15) is 5.82 Å². The predicted octanol–water partition coefficient (Wildman–Crippen LogP) is 2.90. The SMILES string of the molecule is CCCCOc1ncc(F)cc1CNC(C)C. The quantitative estimate of drug-likeness (QED) is 0.744. The lowest BCUT2D eigenvalue weighted by molar-refractivity contribution is 0.292. The molecule has 0 aliphatic heterocycles. The monoisotopic (exact) mass is 240 g/mol. The van der Waals surface area contributed by atoms with E-state index in [-0.39, 0.29) is 5.82 Å². The van der Waals surface area contributed by atoms with Gasteiger partial charge in [0.05, 0.1) is 12.8 Å². The Hall–Kier alpha value is -1.16. The summed E-state index contributed by atoms with van der Waals surface area (Å²) in [5.74, 6) is 0.210. The number of hydrogen-bond donors (Lipinski definition) is 1. The molecule has 0 atom stereocenters. The molecule has 0 aliphatic rings. The normalized spacial score (nSPS) is 10.9. The van der Waals surface area contributed by atoms with Gasteiger partial charge in [-0.05, 0) is 12.5 Å². The summed E-state index contributed by atoms with van der Waals surface area (Å²) in [6, 6.07) is 1.82. The van der Waals surface area contributed by atoms with Gasteiger partial charge in [0.15, 0.2) is 0 Å². The van der Waals surface area contributed by atoms with Crippen LogP contribution in [-0.2, 0) is 6.54 Å². The first-order valence-corrected chi connectivity index (χ1v) is 6.14. The Kier molecular flexibility index (Phi) is 5.91. The Balaban J connectivity index is 2.66. The van der Waals surface area contributed by atoms with Crippen LogP contribution in [0.5, 0.6) is 5.88 Å². The van der Waals surface area contributed by atoms with Crippen molar-refractivity contribution in [3.8, 4) is 5.88 Å². The molecule has 1 aromatic heterocycles. The number of pyridine rings is 1. The van der Waals surface area contributed by atoms with Gasteiger partial charge in [0.25, 0.3) is 0 Å². The molecule has 0 radical (unpaired) electrons. The maximum Gasteiger partial charge on any atom is 0.218 e. The van der Waals surface area contributed by atoms with E-state index in [1.54, 1.807) is 0 Å². The Morgan fingerprint density at radius 2 is 2.24 bits per heavy atom. The van der Waals surface area contributed by atoms with E-state index in [0.29, 0.717) is 25.1 Å². The van der Waals surface area contributed by atoms with Crippen LogP contribution in [0.1, 0.15) is 39.2 Å². The average Bonchev–Trinajstić information content (AvgIpc) is 2.29. The number of unbranched alkanes of at least 4 members (excludes halogenated alkanes) is 1. The molecule has 0 bridgehead atoms. The number of ether oxygens (including phenoxy) is 1. The molecule has 3 nitrogen and oxygen atoms in total. The van der Waals surface area contributed by atoms with E-state index in [9.17, 15) is 4.39 Å². The molecule has 96 valence electrons. The highest BCUT2D eigenvalue weighted by Gasteiger charge is 2.07. The Labute approximate surface area is 102 Å². The van der Waals surface area contributed by atoms with Gasteiger partial charge in [-0.1, -0.05) is 27.2 Å². The maximum absolute atomic E-state index is 13.1. The van der Waals surface area contributed by atoms with Crippen LogP contribution in [0, 0.1) is 5.82 Å². The second kappa shape index (κ2) is 7.22. The lowest BCUT2D eigenvalue weighted by Crippen LogP contribution is -2.22. The zero-order chi connectivity index (χ0) is 12.7. The molecule has 1 N–H and O–H groups in total. The molecule has 0 unspecified atom stereocenters. The minimum Gasteiger partial charge on any atom is -0.477 e. The summed E-state index contributed by atoms with van der Waals surface area (Å²) < 4.78 is 18.7. The van der Waals surface area contributed by atoms with Gasteiger partial charge >= 0.3 is 0 Å². The van der Waals surface area contributed by atoms with Gasteiger partial charge in [-0.25, -0.2) is 9.37 Å². The number of halogens is 1. The molecular formula is C13H21FN2O. The Morgan fingerprint density at radius 3 is 2.88 bits per heavy atom. The van der Waals surface area contributed by atoms with Crippen LogP contribution in [0.4, 0.5) is 4.39 Å². The van der Waals surface area contributed by atoms with Crippen molar-refractivity contribution in [1.82, 2.24) is 10.3 Å². The number of nitrogens with one attached hydrogen (secondary N) is 1. The van der Waals surface area contributed by atoms with Crippen molar-refractivity contribution in [3.05, 3.63) is 23.6 Å². The summed E-state index contributed by atoms with van der Waals surface area (Å²) in [4.78, 5) is 3.99. The van der Waals surface area contributed by atoms with Crippen molar-refractivity contribution in [3.63, 3.8) is 0 Å². The van der Waals surface area contributed by atoms with Gasteiger partial charge in [0, 0.05) is 18.2 Å². The van der Waals surface area contributed by atoms with Crippen LogP contribution < -0.4 is 10.1 Å². The Bertz CT molecular complexity index is 342. The topological polar surface area (TPSA) is 34.1 Å². The lowest BCUT2D eigenvalue weighted by Gasteiger charge is -2.12. The van der Waals surface area contributed by atoms with Crippen molar-refractivity contribution >= 4 is 0 Å². The summed E-state index contributed by atoms with van der Waals surface area (Å²) in [5, 5.41) is 3.23. The molecule has 0 saturated heterocycles. The molecule has 0 spiro atoms. The van der Waals surface area contributed by atoms with Crippen LogP contribution in [0.2, 0.25) is 0 Å². The molecule has 0 aliphatic carbocycles. The van der Waals surface area contributed by atoms with Gasteiger partial charge < -0.3 is 10.1 Å². The van der Waals surface area contributed by atoms with Crippen molar-refractivity contribution in [1.29, 1.82) is 0 Å². The van der Waals surface area contributed by atoms with Crippen molar-refractivity contribution in [2.75, 3.05) is 6.61 Å². The molecule has 0 amide bonds. The number of rotatable bonds is 7. The van der Waals surface area contributed by atoms with Crippen LogP contribution in [0.25, 0.3) is 0 Å². The van der Waals surface area contributed by atoms with Gasteiger partial charge in [-0.3, -0.25) is 0 Å². The second-order valence-corrected chi connectivity index (χ2v) is 4.36. The predicted molar refractivity (Wildman–Crippen MR) is 66.6 cm³/mol. The molecule has 0 aromatic carbocycles. The average molecular weight is 240 g/mol. The zero-order valence-electron chi connectivity index (χ0n) is 10.8. The van der Waals surface area contributed by atoms with E-state index in [1.807, 2.05) is 13.8 Å². The van der Waals surface area contributed by atoms with Crippen LogP contribution in [-0.4, -0.2) is 17.6 Å². The zero-order valence-corrected chi connectivity index (χ0v) is 10.8. The minimum atomic E-state index is -0.326. The summed E-state index contributed by atoms with van der Waals surface area (Å²) in [5.41, 5.74) is 0.773. The van der Waals surface area contributed by atoms with Crippen LogP contribution >= 0.6 is 0 Å². The standard InChI is InChI=1S/C13H21FN2O/c1-4-5-6-17-13-11(8-15-10(2)3)7-12(14)9-16-13/h7,9-10,15H,4-6,8H2,1-3H3. The van der Waals surface area contributed by atoms with E-state index in [4.69, 9.17) is 4.74 Å². The summed E-state index contributed by atoms with van der Waals surface area (Å²) in [6.45, 7) is 7.39. The largest absolute Gasteiger partial charge is 0.477 e. The lowest BCUT2D eigenvalue weighted by atomic mass is 10.2. The van der Waals surface area contributed by atoms with E-state index >= 15 is 0 Å². The van der Waals surface area contributed by atoms with E-state index in [2.05, 4.69) is 17.2 Å². The third kappa shape index (κ3) is 5.13. The van der Waals surface area contributed by atoms with Gasteiger partial charge in [-0.15, -0.1) is 0 Å². The summed E-state index contributed by atoms with van der Waals surface area (Å²) in [7, 11) is 0. The Morgan fingerprint density at radius 1 is 1.47 bits per heavy atom. The van der Waals surface area contributed by atoms with E-state index < -0.39 is 0 Å². The molecule has 0 saturated carbocycles. The third-order valence-corrected chi connectivity index (χ3v) is 2.33. The second-order valence-electron chi connectivity index (χ2n) is 4.36. The fourth-order valence-corrected chi connectivity index (χ4v) is 1.35. The fraction of sp³-hybridized carbons (Fsp3) is 0.615. The molecule has 4 heteroatoms. The van der Waals surface area contributed by atoms with E-state index in [0.717, 1.165) is 18.4 Å². The first-order chi connectivity index (χ1) is 8.13. The number of aromatic nitrogens is 1. The highest BCUT2D eigenvalue weighted by atomic mass is 19.1. The maximum atomic E-state index is 13.1. The van der Waals surface area contributed by atoms with Crippen molar-refractivity contribution in [2.24, 2.45) is 0 Å². The molecule has 17 heavy (non-hydrogen) atoms. The molecule has 1 heterocycles. The van der Waals surface area contributed by atoms with Crippen LogP contribution in [0.15, 0.2) is 12.3 Å². The van der Waals surface area contributed by atoms with Gasteiger partial charge in [0.2, 0.25) is 5.88 Å². The smallest absolute Gasteiger partial charge is 0.218 e. The van der Waals surface area contributed by atoms with Gasteiger partial charge in [-0.2, -0.15) is 0 Å². The minimum absolute atomic E-state index is 0.326. The molecule has 1 aromatic rings. The highest BCUT2D eigenvalue weighted by Crippen LogP contribution is 2.16. The molecule has 1 rings (SSSR count). The summed E-state index contributed by atoms with van der Waals surface area (Å²) >= 11 is 0. The number of hydrogen-bond acceptors (Lipinski definition) is 3. The summed E-state index contributed by atoms with van der Waals surface area (Å²) in [6.07, 6.45) is 3.25. The van der Waals surface area contributed by atoms with Crippen molar-refractivity contribution < 1.29 is 9.13 Å². The first kappa shape index (κ1) is 13.9. The third-order valence-electron chi connectivity index (χ3n) is 2.33. The first-order valence-electron chi connectivity index (χ1n) is 6.14. The van der Waals surface area contributed by atoms with Crippen molar-refractivity contribution in [2.45, 2.75) is 46.2 Å². The van der Waals surface area contributed by atoms with Crippen LogP contribution in [0.3, 0.4) is 0 Å².